The maximum Gasteiger partial charge on any atom is 0.309 e. The minimum Gasteiger partial charge on any atom is -0.469 e. The lowest BCUT2D eigenvalue weighted by Crippen LogP contribution is -2.34. The van der Waals surface area contributed by atoms with Crippen LogP contribution in [0, 0.1) is 17.8 Å². The van der Waals surface area contributed by atoms with Gasteiger partial charge in [-0.05, 0) is 28.5 Å². The monoisotopic (exact) mass is 386 g/mol. The molecule has 0 aromatic heterocycles. The molecule has 4 rings (SSSR count). The van der Waals surface area contributed by atoms with Crippen molar-refractivity contribution in [3.63, 3.8) is 0 Å². The molecule has 3 heteroatoms. The van der Waals surface area contributed by atoms with Crippen LogP contribution in [0.15, 0.2) is 91.0 Å². The Hall–Kier alpha value is -2.91. The van der Waals surface area contributed by atoms with Crippen LogP contribution in [0.5, 0.6) is 0 Å². The predicted octanol–water partition coefficient (Wildman–Crippen LogP) is 5.05. The van der Waals surface area contributed by atoms with Crippen LogP contribution < -0.4 is 0 Å². The van der Waals surface area contributed by atoms with Crippen LogP contribution in [0.3, 0.4) is 0 Å². The number of ether oxygens (including phenoxy) is 2. The van der Waals surface area contributed by atoms with Crippen molar-refractivity contribution in [2.75, 3.05) is 13.7 Å². The molecule has 0 radical (unpaired) electrons. The van der Waals surface area contributed by atoms with Crippen molar-refractivity contribution in [1.29, 1.82) is 0 Å². The van der Waals surface area contributed by atoms with Crippen LogP contribution in [-0.4, -0.2) is 19.7 Å². The molecule has 1 fully saturated rings. The smallest absolute Gasteiger partial charge is 0.309 e. The molecule has 0 amide bonds. The van der Waals surface area contributed by atoms with Crippen molar-refractivity contribution in [3.05, 3.63) is 108 Å². The lowest BCUT2D eigenvalue weighted by atomic mass is 9.80. The molecule has 3 aromatic carbocycles. The minimum atomic E-state index is -0.743. The van der Waals surface area contributed by atoms with Crippen molar-refractivity contribution in [2.24, 2.45) is 17.8 Å². The van der Waals surface area contributed by atoms with Crippen molar-refractivity contribution < 1.29 is 14.3 Å². The topological polar surface area (TPSA) is 35.5 Å². The second-order valence-corrected chi connectivity index (χ2v) is 7.66. The number of rotatable bonds is 7. The molecule has 1 aliphatic carbocycles. The zero-order chi connectivity index (χ0) is 20.3. The van der Waals surface area contributed by atoms with Gasteiger partial charge < -0.3 is 9.47 Å². The van der Waals surface area contributed by atoms with Crippen molar-refractivity contribution in [3.8, 4) is 0 Å². The minimum absolute atomic E-state index is 0.0833. The molecule has 3 unspecified atom stereocenters. The van der Waals surface area contributed by atoms with E-state index in [1.807, 2.05) is 54.6 Å². The van der Waals surface area contributed by atoms with Gasteiger partial charge in [0.1, 0.15) is 5.60 Å². The first-order chi connectivity index (χ1) is 14.2. The SMILES string of the molecule is COC(=O)C1C(C)C1COC(c1ccccc1)(c1ccccc1)c1ccccc1. The first-order valence-corrected chi connectivity index (χ1v) is 10.1. The van der Waals surface area contributed by atoms with Crippen LogP contribution in [-0.2, 0) is 19.9 Å². The summed E-state index contributed by atoms with van der Waals surface area (Å²) in [6.45, 7) is 2.57. The fourth-order valence-electron chi connectivity index (χ4n) is 4.32. The summed E-state index contributed by atoms with van der Waals surface area (Å²) in [5.74, 6) is 0.205. The zero-order valence-corrected chi connectivity index (χ0v) is 16.8. The third-order valence-electron chi connectivity index (χ3n) is 6.07. The van der Waals surface area contributed by atoms with Gasteiger partial charge in [-0.15, -0.1) is 0 Å². The Kier molecular flexibility index (Phi) is 5.50. The van der Waals surface area contributed by atoms with E-state index in [-0.39, 0.29) is 23.7 Å². The molecule has 0 heterocycles. The number of hydrogen-bond donors (Lipinski definition) is 0. The summed E-state index contributed by atoms with van der Waals surface area (Å²) in [5, 5.41) is 0. The fourth-order valence-corrected chi connectivity index (χ4v) is 4.32. The molecule has 0 spiro atoms. The number of hydrogen-bond acceptors (Lipinski definition) is 3. The van der Waals surface area contributed by atoms with Gasteiger partial charge in [-0.2, -0.15) is 0 Å². The highest BCUT2D eigenvalue weighted by Gasteiger charge is 2.53. The van der Waals surface area contributed by atoms with E-state index in [1.165, 1.54) is 7.11 Å². The molecule has 0 aliphatic heterocycles. The lowest BCUT2D eigenvalue weighted by molar-refractivity contribution is -0.143. The molecular weight excluding hydrogens is 360 g/mol. The van der Waals surface area contributed by atoms with E-state index in [1.54, 1.807) is 0 Å². The van der Waals surface area contributed by atoms with Gasteiger partial charge in [0, 0.05) is 0 Å². The van der Waals surface area contributed by atoms with Crippen LogP contribution in [0.2, 0.25) is 0 Å². The van der Waals surface area contributed by atoms with Gasteiger partial charge in [0.15, 0.2) is 0 Å². The molecular formula is C26H26O3. The van der Waals surface area contributed by atoms with E-state index in [9.17, 15) is 4.79 Å². The third kappa shape index (κ3) is 3.58. The van der Waals surface area contributed by atoms with E-state index in [0.717, 1.165) is 16.7 Å². The molecule has 0 saturated heterocycles. The molecule has 0 bridgehead atoms. The Balaban J connectivity index is 1.78. The number of esters is 1. The molecule has 3 atom stereocenters. The standard InChI is InChI=1S/C26H26O3/c1-19-23(24(19)25(27)28-2)18-29-26(20-12-6-3-7-13-20,21-14-8-4-9-15-21)22-16-10-5-11-17-22/h3-17,19,23-24H,18H2,1-2H3. The molecule has 0 N–H and O–H groups in total. The number of carbonyl (C=O) groups is 1. The predicted molar refractivity (Wildman–Crippen MR) is 113 cm³/mol. The van der Waals surface area contributed by atoms with Gasteiger partial charge in [-0.1, -0.05) is 97.9 Å². The van der Waals surface area contributed by atoms with E-state index in [2.05, 4.69) is 43.3 Å². The summed E-state index contributed by atoms with van der Waals surface area (Å²) in [6, 6.07) is 30.9. The highest BCUT2D eigenvalue weighted by molar-refractivity contribution is 5.76. The van der Waals surface area contributed by atoms with Crippen LogP contribution in [0.25, 0.3) is 0 Å². The van der Waals surface area contributed by atoms with Crippen molar-refractivity contribution >= 4 is 5.97 Å². The highest BCUT2D eigenvalue weighted by atomic mass is 16.5. The van der Waals surface area contributed by atoms with Gasteiger partial charge in [0.2, 0.25) is 0 Å². The normalized spacial score (nSPS) is 20.8. The quantitative estimate of drug-likeness (QED) is 0.421. The zero-order valence-electron chi connectivity index (χ0n) is 16.8. The first kappa shape index (κ1) is 19.4. The van der Waals surface area contributed by atoms with E-state index < -0.39 is 5.60 Å². The summed E-state index contributed by atoms with van der Waals surface area (Å²) in [6.07, 6.45) is 0. The van der Waals surface area contributed by atoms with E-state index in [0.29, 0.717) is 6.61 Å². The Bertz CT molecular complexity index is 841. The Labute approximate surface area is 172 Å². The maximum absolute atomic E-state index is 12.1. The Morgan fingerprint density at radius 1 is 0.793 bits per heavy atom. The van der Waals surface area contributed by atoms with Gasteiger partial charge in [0.25, 0.3) is 0 Å². The average Bonchev–Trinajstić information content (AvgIpc) is 3.45. The Morgan fingerprint density at radius 3 is 1.59 bits per heavy atom. The molecule has 3 nitrogen and oxygen atoms in total. The van der Waals surface area contributed by atoms with Gasteiger partial charge >= 0.3 is 5.97 Å². The fraction of sp³-hybridized carbons (Fsp3) is 0.269. The average molecular weight is 386 g/mol. The van der Waals surface area contributed by atoms with Crippen LogP contribution >= 0.6 is 0 Å². The van der Waals surface area contributed by atoms with Gasteiger partial charge in [-0.3, -0.25) is 4.79 Å². The van der Waals surface area contributed by atoms with Crippen molar-refractivity contribution in [2.45, 2.75) is 12.5 Å². The largest absolute Gasteiger partial charge is 0.469 e. The summed E-state index contributed by atoms with van der Waals surface area (Å²) < 4.78 is 11.8. The summed E-state index contributed by atoms with van der Waals surface area (Å²) in [4.78, 5) is 12.1. The van der Waals surface area contributed by atoms with E-state index >= 15 is 0 Å². The Morgan fingerprint density at radius 2 is 1.21 bits per heavy atom. The molecule has 1 aliphatic rings. The summed E-state index contributed by atoms with van der Waals surface area (Å²) in [5.41, 5.74) is 2.47. The molecule has 3 aromatic rings. The second kappa shape index (κ2) is 8.22. The van der Waals surface area contributed by atoms with E-state index in [4.69, 9.17) is 9.47 Å². The second-order valence-electron chi connectivity index (χ2n) is 7.66. The third-order valence-corrected chi connectivity index (χ3v) is 6.07. The molecule has 1 saturated carbocycles. The summed E-state index contributed by atoms with van der Waals surface area (Å²) in [7, 11) is 1.45. The van der Waals surface area contributed by atoms with Crippen LogP contribution in [0.4, 0.5) is 0 Å². The van der Waals surface area contributed by atoms with Crippen molar-refractivity contribution in [1.82, 2.24) is 0 Å². The highest BCUT2D eigenvalue weighted by Crippen LogP contribution is 2.49. The lowest BCUT2D eigenvalue weighted by Gasteiger charge is -2.36. The number of benzene rings is 3. The molecule has 148 valence electrons. The molecule has 29 heavy (non-hydrogen) atoms. The number of methoxy groups -OCH3 is 1. The van der Waals surface area contributed by atoms with Crippen LogP contribution in [0.1, 0.15) is 23.6 Å². The first-order valence-electron chi connectivity index (χ1n) is 10.1. The van der Waals surface area contributed by atoms with Gasteiger partial charge in [-0.25, -0.2) is 0 Å². The van der Waals surface area contributed by atoms with Gasteiger partial charge in [0.05, 0.1) is 19.6 Å². The maximum atomic E-state index is 12.1. The summed E-state index contributed by atoms with van der Waals surface area (Å²) >= 11 is 0. The number of carbonyl (C=O) groups excluding carboxylic acids is 1.